The van der Waals surface area contributed by atoms with Crippen molar-refractivity contribution in [1.82, 2.24) is 4.90 Å². The van der Waals surface area contributed by atoms with E-state index in [0.717, 1.165) is 11.3 Å². The van der Waals surface area contributed by atoms with Gasteiger partial charge in [0.1, 0.15) is 0 Å². The number of nitrogens with zero attached hydrogens (tertiary/aromatic N) is 1. The smallest absolute Gasteiger partial charge is 0.312 e. The molecule has 1 aromatic carbocycles. The Morgan fingerprint density at radius 1 is 1.22 bits per heavy atom. The summed E-state index contributed by atoms with van der Waals surface area (Å²) in [5.74, 6) is -0.243. The highest BCUT2D eigenvalue weighted by molar-refractivity contribution is 5.76. The molecule has 2 unspecified atom stereocenters. The molecular weight excluding hydrogens is 290 g/mol. The van der Waals surface area contributed by atoms with Crippen molar-refractivity contribution in [3.05, 3.63) is 53.7 Å². The molecule has 0 amide bonds. The van der Waals surface area contributed by atoms with Crippen LogP contribution in [0.2, 0.25) is 0 Å². The zero-order valence-corrected chi connectivity index (χ0v) is 13.8. The van der Waals surface area contributed by atoms with Crippen molar-refractivity contribution in [3.8, 4) is 0 Å². The predicted octanol–water partition coefficient (Wildman–Crippen LogP) is 2.72. The Kier molecular flexibility index (Phi) is 4.53. The Hall–Kier alpha value is -2.07. The first-order chi connectivity index (χ1) is 11.1. The van der Waals surface area contributed by atoms with Crippen LogP contribution < -0.4 is 0 Å². The minimum absolute atomic E-state index is 0.0946. The van der Waals surface area contributed by atoms with Gasteiger partial charge in [-0.05, 0) is 18.6 Å². The fraction of sp³-hybridized carbons (Fsp3) is 0.421. The molecular formula is C19H23NO3. The molecule has 4 nitrogen and oxygen atoms in total. The van der Waals surface area contributed by atoms with Crippen LogP contribution in [0.25, 0.3) is 6.08 Å². The standard InChI is InChI=1S/C19H23NO3/c1-13(20(2)3)11-17-18-15(12-22-19(18)21)16(23-17)10-9-14-7-5-4-6-8-14/h4-11,15-18H,12H2,1-3H3/b10-9-,13-11-/t15-,16?,17?,18-/m0/s1. The third kappa shape index (κ3) is 3.32. The van der Waals surface area contributed by atoms with Crippen LogP contribution in [0.1, 0.15) is 12.5 Å². The van der Waals surface area contributed by atoms with Crippen LogP contribution in [0.15, 0.2) is 48.2 Å². The summed E-state index contributed by atoms with van der Waals surface area (Å²) in [7, 11) is 3.97. The minimum Gasteiger partial charge on any atom is -0.465 e. The van der Waals surface area contributed by atoms with Gasteiger partial charge in [-0.2, -0.15) is 0 Å². The average Bonchev–Trinajstić information content (AvgIpc) is 3.08. The quantitative estimate of drug-likeness (QED) is 0.801. The zero-order chi connectivity index (χ0) is 16.4. The number of allylic oxidation sites excluding steroid dienone is 1. The van der Waals surface area contributed by atoms with Crippen LogP contribution in [-0.4, -0.2) is 43.8 Å². The van der Waals surface area contributed by atoms with Crippen LogP contribution in [0.4, 0.5) is 0 Å². The van der Waals surface area contributed by atoms with Crippen molar-refractivity contribution in [1.29, 1.82) is 0 Å². The molecule has 0 spiro atoms. The van der Waals surface area contributed by atoms with Crippen molar-refractivity contribution in [3.63, 3.8) is 0 Å². The van der Waals surface area contributed by atoms with Crippen molar-refractivity contribution in [2.75, 3.05) is 20.7 Å². The van der Waals surface area contributed by atoms with Crippen LogP contribution in [0.5, 0.6) is 0 Å². The van der Waals surface area contributed by atoms with E-state index in [2.05, 4.69) is 6.08 Å². The van der Waals surface area contributed by atoms with Gasteiger partial charge in [0.25, 0.3) is 0 Å². The van der Waals surface area contributed by atoms with E-state index < -0.39 is 0 Å². The average molecular weight is 313 g/mol. The number of hydrogen-bond acceptors (Lipinski definition) is 4. The van der Waals surface area contributed by atoms with E-state index in [1.165, 1.54) is 0 Å². The Balaban J connectivity index is 1.79. The molecule has 2 fully saturated rings. The summed E-state index contributed by atoms with van der Waals surface area (Å²) in [6.07, 6.45) is 5.81. The fourth-order valence-electron chi connectivity index (χ4n) is 3.08. The molecule has 23 heavy (non-hydrogen) atoms. The fourth-order valence-corrected chi connectivity index (χ4v) is 3.08. The van der Waals surface area contributed by atoms with Gasteiger partial charge in [0.2, 0.25) is 0 Å². The summed E-state index contributed by atoms with van der Waals surface area (Å²) in [4.78, 5) is 14.1. The first kappa shape index (κ1) is 15.8. The van der Waals surface area contributed by atoms with E-state index in [4.69, 9.17) is 9.47 Å². The summed E-state index contributed by atoms with van der Waals surface area (Å²) in [6.45, 7) is 2.46. The number of carbonyl (C=O) groups excluding carboxylic acids is 1. The number of rotatable bonds is 4. The summed E-state index contributed by atoms with van der Waals surface area (Å²) in [5.41, 5.74) is 2.21. The van der Waals surface area contributed by atoms with Crippen molar-refractivity contribution in [2.24, 2.45) is 11.8 Å². The van der Waals surface area contributed by atoms with Crippen molar-refractivity contribution in [2.45, 2.75) is 19.1 Å². The number of fused-ring (bicyclic) bond motifs is 1. The Morgan fingerprint density at radius 2 is 1.96 bits per heavy atom. The lowest BCUT2D eigenvalue weighted by molar-refractivity contribution is -0.143. The van der Waals surface area contributed by atoms with E-state index in [1.54, 1.807) is 0 Å². The van der Waals surface area contributed by atoms with Gasteiger partial charge >= 0.3 is 5.97 Å². The lowest BCUT2D eigenvalue weighted by atomic mass is 9.89. The maximum absolute atomic E-state index is 12.1. The molecule has 0 aliphatic carbocycles. The number of esters is 1. The SMILES string of the molecule is C/C(=C/C1OC(/C=C\c2ccccc2)[C@@H]2COC(=O)[C@H]12)N(C)C. The van der Waals surface area contributed by atoms with E-state index in [0.29, 0.717) is 6.61 Å². The zero-order valence-electron chi connectivity index (χ0n) is 13.8. The van der Waals surface area contributed by atoms with Gasteiger partial charge in [0, 0.05) is 25.7 Å². The van der Waals surface area contributed by atoms with E-state index in [9.17, 15) is 4.79 Å². The molecule has 2 aliphatic heterocycles. The second-order valence-corrected chi connectivity index (χ2v) is 6.36. The lowest BCUT2D eigenvalue weighted by Crippen LogP contribution is -2.23. The Labute approximate surface area is 137 Å². The van der Waals surface area contributed by atoms with Gasteiger partial charge in [-0.15, -0.1) is 0 Å². The second kappa shape index (κ2) is 6.59. The van der Waals surface area contributed by atoms with Crippen molar-refractivity contribution >= 4 is 12.0 Å². The normalized spacial score (nSPS) is 30.6. The Bertz CT molecular complexity index is 621. The number of hydrogen-bond donors (Lipinski definition) is 0. The molecule has 4 atom stereocenters. The van der Waals surface area contributed by atoms with E-state index in [1.807, 2.05) is 68.4 Å². The summed E-state index contributed by atoms with van der Waals surface area (Å²) in [6, 6.07) is 10.1. The molecule has 0 N–H and O–H groups in total. The highest BCUT2D eigenvalue weighted by atomic mass is 16.6. The highest BCUT2D eigenvalue weighted by Crippen LogP contribution is 2.40. The molecule has 3 rings (SSSR count). The minimum atomic E-state index is -0.220. The number of benzene rings is 1. The Morgan fingerprint density at radius 3 is 2.65 bits per heavy atom. The second-order valence-electron chi connectivity index (χ2n) is 6.36. The number of ether oxygens (including phenoxy) is 2. The first-order valence-electron chi connectivity index (χ1n) is 7.97. The van der Waals surface area contributed by atoms with Gasteiger partial charge < -0.3 is 14.4 Å². The molecule has 0 saturated carbocycles. The van der Waals surface area contributed by atoms with Gasteiger partial charge in [-0.25, -0.2) is 0 Å². The monoisotopic (exact) mass is 313 g/mol. The number of carbonyl (C=O) groups is 1. The number of cyclic esters (lactones) is 1. The van der Waals surface area contributed by atoms with E-state index >= 15 is 0 Å². The highest BCUT2D eigenvalue weighted by Gasteiger charge is 2.51. The molecule has 4 heteroatoms. The molecule has 122 valence electrons. The molecule has 2 heterocycles. The maximum atomic E-state index is 12.1. The third-order valence-electron chi connectivity index (χ3n) is 4.63. The molecule has 0 radical (unpaired) electrons. The summed E-state index contributed by atoms with van der Waals surface area (Å²) >= 11 is 0. The largest absolute Gasteiger partial charge is 0.465 e. The van der Waals surface area contributed by atoms with Crippen LogP contribution in [0, 0.1) is 11.8 Å². The van der Waals surface area contributed by atoms with Gasteiger partial charge in [0.05, 0.1) is 24.7 Å². The summed E-state index contributed by atoms with van der Waals surface area (Å²) in [5, 5.41) is 0. The van der Waals surface area contributed by atoms with Crippen LogP contribution >= 0.6 is 0 Å². The lowest BCUT2D eigenvalue weighted by Gasteiger charge is -2.17. The van der Waals surface area contributed by atoms with Gasteiger partial charge in [-0.3, -0.25) is 4.79 Å². The van der Waals surface area contributed by atoms with Gasteiger partial charge in [0.15, 0.2) is 0 Å². The van der Waals surface area contributed by atoms with Crippen LogP contribution in [-0.2, 0) is 14.3 Å². The maximum Gasteiger partial charge on any atom is 0.312 e. The van der Waals surface area contributed by atoms with Crippen LogP contribution in [0.3, 0.4) is 0 Å². The first-order valence-corrected chi connectivity index (χ1v) is 7.97. The predicted molar refractivity (Wildman–Crippen MR) is 89.5 cm³/mol. The molecule has 1 aromatic rings. The molecule has 2 aliphatic rings. The molecule has 0 aromatic heterocycles. The third-order valence-corrected chi connectivity index (χ3v) is 4.63. The topological polar surface area (TPSA) is 38.8 Å². The molecule has 0 bridgehead atoms. The van der Waals surface area contributed by atoms with E-state index in [-0.39, 0.29) is 30.0 Å². The summed E-state index contributed by atoms with van der Waals surface area (Å²) < 4.78 is 11.4. The van der Waals surface area contributed by atoms with Gasteiger partial charge in [-0.1, -0.05) is 42.5 Å². The van der Waals surface area contributed by atoms with Crippen molar-refractivity contribution < 1.29 is 14.3 Å². The molecule has 2 saturated heterocycles.